The summed E-state index contributed by atoms with van der Waals surface area (Å²) in [7, 11) is 0. The second kappa shape index (κ2) is 5.82. The number of amides is 1. The molecule has 1 amide bonds. The molecule has 1 aliphatic rings. The van der Waals surface area contributed by atoms with E-state index in [1.165, 1.54) is 6.42 Å². The molecule has 94 valence electrons. The van der Waals surface area contributed by atoms with E-state index in [2.05, 4.69) is 15.6 Å². The van der Waals surface area contributed by atoms with E-state index in [4.69, 9.17) is 0 Å². The number of rotatable bonds is 4. The first-order valence-electron chi connectivity index (χ1n) is 6.25. The highest BCUT2D eigenvalue weighted by molar-refractivity contribution is 5.82. The lowest BCUT2D eigenvalue weighted by molar-refractivity contribution is -0.124. The molecule has 0 aliphatic carbocycles. The number of imidazole rings is 1. The van der Waals surface area contributed by atoms with Gasteiger partial charge in [0.15, 0.2) is 0 Å². The van der Waals surface area contributed by atoms with Crippen molar-refractivity contribution in [2.75, 3.05) is 6.54 Å². The van der Waals surface area contributed by atoms with Crippen molar-refractivity contribution in [1.82, 2.24) is 20.2 Å². The van der Waals surface area contributed by atoms with E-state index >= 15 is 0 Å². The molecular formula is C12H20N4O. The van der Waals surface area contributed by atoms with E-state index < -0.39 is 0 Å². The Balaban J connectivity index is 1.77. The van der Waals surface area contributed by atoms with Gasteiger partial charge in [0.2, 0.25) is 5.91 Å². The molecule has 2 N–H and O–H groups in total. The normalized spacial score (nSPS) is 22.1. The smallest absolute Gasteiger partial charge is 0.237 e. The van der Waals surface area contributed by atoms with Gasteiger partial charge in [-0.3, -0.25) is 4.79 Å². The van der Waals surface area contributed by atoms with Gasteiger partial charge in [-0.2, -0.15) is 0 Å². The third-order valence-corrected chi connectivity index (χ3v) is 3.06. The predicted molar refractivity (Wildman–Crippen MR) is 65.5 cm³/mol. The highest BCUT2D eigenvalue weighted by atomic mass is 16.2. The molecular weight excluding hydrogens is 216 g/mol. The van der Waals surface area contributed by atoms with Crippen LogP contribution in [0.25, 0.3) is 0 Å². The lowest BCUT2D eigenvalue weighted by Gasteiger charge is -2.24. The van der Waals surface area contributed by atoms with Crippen LogP contribution in [0.3, 0.4) is 0 Å². The van der Waals surface area contributed by atoms with Gasteiger partial charge in [-0.05, 0) is 26.3 Å². The molecule has 0 radical (unpaired) electrons. The highest BCUT2D eigenvalue weighted by Crippen LogP contribution is 2.07. The largest absolute Gasteiger partial charge is 0.350 e. The van der Waals surface area contributed by atoms with Crippen LogP contribution in [0.5, 0.6) is 0 Å². The summed E-state index contributed by atoms with van der Waals surface area (Å²) in [5.41, 5.74) is 0. The molecule has 0 saturated carbocycles. The fourth-order valence-corrected chi connectivity index (χ4v) is 2.18. The van der Waals surface area contributed by atoms with Gasteiger partial charge in [0.1, 0.15) is 0 Å². The maximum Gasteiger partial charge on any atom is 0.237 e. The molecule has 1 saturated heterocycles. The summed E-state index contributed by atoms with van der Waals surface area (Å²) >= 11 is 0. The Hall–Kier alpha value is -1.36. The number of carbonyl (C=O) groups is 1. The molecule has 5 nitrogen and oxygen atoms in total. The monoisotopic (exact) mass is 236 g/mol. The van der Waals surface area contributed by atoms with Gasteiger partial charge in [-0.25, -0.2) is 4.98 Å². The van der Waals surface area contributed by atoms with E-state index in [0.717, 1.165) is 25.9 Å². The van der Waals surface area contributed by atoms with E-state index in [0.29, 0.717) is 0 Å². The summed E-state index contributed by atoms with van der Waals surface area (Å²) in [5, 5.41) is 6.29. The molecule has 5 heteroatoms. The summed E-state index contributed by atoms with van der Waals surface area (Å²) in [5.74, 6) is 0.123. The van der Waals surface area contributed by atoms with Gasteiger partial charge in [0.25, 0.3) is 0 Å². The Morgan fingerprint density at radius 1 is 1.65 bits per heavy atom. The summed E-state index contributed by atoms with van der Waals surface area (Å²) in [6.45, 7) is 3.73. The van der Waals surface area contributed by atoms with Crippen molar-refractivity contribution < 1.29 is 4.79 Å². The maximum atomic E-state index is 11.9. The zero-order chi connectivity index (χ0) is 12.1. The van der Waals surface area contributed by atoms with Crippen molar-refractivity contribution in [2.45, 2.75) is 44.8 Å². The average Bonchev–Trinajstić information content (AvgIpc) is 2.82. The standard InChI is InChI=1S/C12H20N4O/c1-10(8-16-7-6-13-9-16)15-12(17)11-4-2-3-5-14-11/h6-7,9-11,14H,2-5,8H2,1H3,(H,15,17). The number of hydrogen-bond donors (Lipinski definition) is 2. The quantitative estimate of drug-likeness (QED) is 0.801. The van der Waals surface area contributed by atoms with Gasteiger partial charge in [-0.1, -0.05) is 6.42 Å². The lowest BCUT2D eigenvalue weighted by atomic mass is 10.0. The molecule has 1 fully saturated rings. The fraction of sp³-hybridized carbons (Fsp3) is 0.667. The van der Waals surface area contributed by atoms with Crippen LogP contribution in [0.1, 0.15) is 26.2 Å². The average molecular weight is 236 g/mol. The maximum absolute atomic E-state index is 11.9. The van der Waals surface area contributed by atoms with Crippen LogP contribution in [0.2, 0.25) is 0 Å². The Bertz CT molecular complexity index is 343. The second-order valence-electron chi connectivity index (χ2n) is 4.67. The van der Waals surface area contributed by atoms with Crippen molar-refractivity contribution >= 4 is 5.91 Å². The third kappa shape index (κ3) is 3.56. The van der Waals surface area contributed by atoms with Gasteiger partial charge in [0, 0.05) is 25.0 Å². The molecule has 2 heterocycles. The lowest BCUT2D eigenvalue weighted by Crippen LogP contribution is -2.49. The summed E-state index contributed by atoms with van der Waals surface area (Å²) in [6.07, 6.45) is 8.68. The number of aromatic nitrogens is 2. The first-order chi connectivity index (χ1) is 8.25. The number of piperidine rings is 1. The van der Waals surface area contributed by atoms with Crippen LogP contribution < -0.4 is 10.6 Å². The highest BCUT2D eigenvalue weighted by Gasteiger charge is 2.21. The molecule has 1 aliphatic heterocycles. The second-order valence-corrected chi connectivity index (χ2v) is 4.67. The molecule has 0 bridgehead atoms. The topological polar surface area (TPSA) is 59.0 Å². The summed E-state index contributed by atoms with van der Waals surface area (Å²) in [6, 6.07) is 0.120. The molecule has 0 spiro atoms. The van der Waals surface area contributed by atoms with Crippen LogP contribution in [0.4, 0.5) is 0 Å². The van der Waals surface area contributed by atoms with Gasteiger partial charge >= 0.3 is 0 Å². The molecule has 2 rings (SSSR count). The minimum absolute atomic E-state index is 0.00557. The van der Waals surface area contributed by atoms with Crippen LogP contribution in [-0.2, 0) is 11.3 Å². The van der Waals surface area contributed by atoms with E-state index in [9.17, 15) is 4.79 Å². The number of nitrogens with one attached hydrogen (secondary N) is 2. The van der Waals surface area contributed by atoms with Gasteiger partial charge < -0.3 is 15.2 Å². The Morgan fingerprint density at radius 3 is 3.18 bits per heavy atom. The fourth-order valence-electron chi connectivity index (χ4n) is 2.18. The van der Waals surface area contributed by atoms with Crippen molar-refractivity contribution in [2.24, 2.45) is 0 Å². The van der Waals surface area contributed by atoms with Crippen molar-refractivity contribution in [3.8, 4) is 0 Å². The number of nitrogens with zero attached hydrogens (tertiary/aromatic N) is 2. The summed E-state index contributed by atoms with van der Waals surface area (Å²) < 4.78 is 1.97. The van der Waals surface area contributed by atoms with Crippen LogP contribution >= 0.6 is 0 Å². The van der Waals surface area contributed by atoms with Gasteiger partial charge in [-0.15, -0.1) is 0 Å². The molecule has 0 aromatic carbocycles. The van der Waals surface area contributed by atoms with Crippen LogP contribution in [0, 0.1) is 0 Å². The Morgan fingerprint density at radius 2 is 2.53 bits per heavy atom. The molecule has 17 heavy (non-hydrogen) atoms. The zero-order valence-electron chi connectivity index (χ0n) is 10.2. The van der Waals surface area contributed by atoms with E-state index in [1.807, 2.05) is 17.7 Å². The summed E-state index contributed by atoms with van der Waals surface area (Å²) in [4.78, 5) is 15.9. The third-order valence-electron chi connectivity index (χ3n) is 3.06. The molecule has 1 aromatic heterocycles. The zero-order valence-corrected chi connectivity index (χ0v) is 10.2. The minimum Gasteiger partial charge on any atom is -0.350 e. The minimum atomic E-state index is -0.00557. The number of carbonyl (C=O) groups excluding carboxylic acids is 1. The van der Waals surface area contributed by atoms with E-state index in [1.54, 1.807) is 12.5 Å². The first-order valence-corrected chi connectivity index (χ1v) is 6.25. The van der Waals surface area contributed by atoms with Crippen molar-refractivity contribution in [1.29, 1.82) is 0 Å². The molecule has 1 aromatic rings. The Labute approximate surface area is 102 Å². The predicted octanol–water partition coefficient (Wildman–Crippen LogP) is 0.530. The van der Waals surface area contributed by atoms with E-state index in [-0.39, 0.29) is 18.0 Å². The van der Waals surface area contributed by atoms with Gasteiger partial charge in [0.05, 0.1) is 12.4 Å². The van der Waals surface area contributed by atoms with Crippen LogP contribution in [0.15, 0.2) is 18.7 Å². The SMILES string of the molecule is CC(Cn1ccnc1)NC(=O)C1CCCCN1. The molecule has 2 atom stereocenters. The first kappa shape index (κ1) is 12.1. The Kier molecular flexibility index (Phi) is 4.14. The van der Waals surface area contributed by atoms with Crippen molar-refractivity contribution in [3.05, 3.63) is 18.7 Å². The van der Waals surface area contributed by atoms with Crippen LogP contribution in [-0.4, -0.2) is 34.1 Å². The van der Waals surface area contributed by atoms with Crippen molar-refractivity contribution in [3.63, 3.8) is 0 Å². The number of hydrogen-bond acceptors (Lipinski definition) is 3. The molecule has 2 unspecified atom stereocenters.